The lowest BCUT2D eigenvalue weighted by Crippen LogP contribution is -2.08. The van der Waals surface area contributed by atoms with Crippen LogP contribution in [0.25, 0.3) is 12.2 Å². The smallest absolute Gasteiger partial charge is 0.339 e. The molecule has 0 atom stereocenters. The van der Waals surface area contributed by atoms with Crippen LogP contribution < -0.4 is 0 Å². The molecule has 0 bridgehead atoms. The summed E-state index contributed by atoms with van der Waals surface area (Å²) in [6, 6.07) is 0.306. The van der Waals surface area contributed by atoms with Crippen molar-refractivity contribution in [1.29, 1.82) is 0 Å². The summed E-state index contributed by atoms with van der Waals surface area (Å²) in [6.07, 6.45) is 8.70. The minimum atomic E-state index is -1.00. The van der Waals surface area contributed by atoms with E-state index >= 15 is 0 Å². The Labute approximate surface area is 129 Å². The Balaban J connectivity index is 2.27. The number of aromatic carboxylic acids is 1. The van der Waals surface area contributed by atoms with E-state index in [-0.39, 0.29) is 11.5 Å². The average molecular weight is 300 g/mol. The molecule has 0 spiro atoms. The van der Waals surface area contributed by atoms with Crippen LogP contribution in [0.1, 0.15) is 67.1 Å². The molecule has 22 heavy (non-hydrogen) atoms. The van der Waals surface area contributed by atoms with Crippen molar-refractivity contribution in [2.24, 2.45) is 0 Å². The number of hydrogen-bond donors (Lipinski definition) is 1. The normalized spacial score (nSPS) is 11.7. The first kappa shape index (κ1) is 15.9. The molecule has 0 aliphatic rings. The second kappa shape index (κ2) is 6.51. The Bertz CT molecular complexity index is 702. The van der Waals surface area contributed by atoms with Crippen LogP contribution in [0.5, 0.6) is 0 Å². The van der Waals surface area contributed by atoms with E-state index in [0.717, 1.165) is 5.56 Å². The molecule has 0 unspecified atom stereocenters. The molecule has 0 amide bonds. The average Bonchev–Trinajstić information content (AvgIpc) is 2.93. The van der Waals surface area contributed by atoms with E-state index in [9.17, 15) is 4.79 Å². The Kier molecular flexibility index (Phi) is 4.70. The van der Waals surface area contributed by atoms with Gasteiger partial charge in [0.25, 0.3) is 0 Å². The van der Waals surface area contributed by atoms with Gasteiger partial charge >= 0.3 is 5.97 Å². The maximum absolute atomic E-state index is 11.2. The van der Waals surface area contributed by atoms with Crippen LogP contribution in [0.15, 0.2) is 18.6 Å². The number of aromatic nitrogens is 4. The molecule has 116 valence electrons. The molecule has 2 heterocycles. The summed E-state index contributed by atoms with van der Waals surface area (Å²) in [4.78, 5) is 19.6. The van der Waals surface area contributed by atoms with E-state index in [1.807, 2.05) is 30.8 Å². The van der Waals surface area contributed by atoms with E-state index in [1.165, 1.54) is 6.20 Å². The van der Waals surface area contributed by atoms with Gasteiger partial charge in [-0.25, -0.2) is 14.8 Å². The number of carboxylic acids is 1. The predicted octanol–water partition coefficient (Wildman–Crippen LogP) is 3.25. The Hall–Kier alpha value is -2.50. The molecule has 0 aliphatic carbocycles. The van der Waals surface area contributed by atoms with Crippen molar-refractivity contribution in [3.63, 3.8) is 0 Å². The van der Waals surface area contributed by atoms with Gasteiger partial charge in [-0.2, -0.15) is 5.10 Å². The quantitative estimate of drug-likeness (QED) is 0.916. The van der Waals surface area contributed by atoms with Gasteiger partial charge in [0.15, 0.2) is 5.82 Å². The van der Waals surface area contributed by atoms with Crippen molar-refractivity contribution in [3.05, 3.63) is 41.2 Å². The first-order valence-electron chi connectivity index (χ1n) is 7.21. The summed E-state index contributed by atoms with van der Waals surface area (Å²) in [5.74, 6) is -0.492. The third-order valence-electron chi connectivity index (χ3n) is 3.19. The Morgan fingerprint density at radius 1 is 1.23 bits per heavy atom. The van der Waals surface area contributed by atoms with Crippen LogP contribution in [-0.2, 0) is 0 Å². The molecule has 0 aromatic carbocycles. The number of nitrogens with zero attached hydrogens (tertiary/aromatic N) is 4. The van der Waals surface area contributed by atoms with Crippen LogP contribution in [0.2, 0.25) is 0 Å². The molecular weight excluding hydrogens is 280 g/mol. The highest BCUT2D eigenvalue weighted by molar-refractivity contribution is 5.88. The van der Waals surface area contributed by atoms with E-state index in [1.54, 1.807) is 12.3 Å². The van der Waals surface area contributed by atoms with Crippen molar-refractivity contribution in [2.45, 2.75) is 39.7 Å². The predicted molar refractivity (Wildman–Crippen MR) is 84.6 cm³/mol. The van der Waals surface area contributed by atoms with Crippen LogP contribution in [0, 0.1) is 0 Å². The zero-order valence-electron chi connectivity index (χ0n) is 13.2. The number of carboxylic acid groups (broad SMARTS) is 1. The molecular formula is C16H20N4O2. The van der Waals surface area contributed by atoms with Gasteiger partial charge in [0, 0.05) is 24.0 Å². The van der Waals surface area contributed by atoms with Crippen molar-refractivity contribution in [3.8, 4) is 0 Å². The van der Waals surface area contributed by atoms with E-state index < -0.39 is 5.97 Å². The minimum Gasteiger partial charge on any atom is -0.478 e. The SMILES string of the molecule is CC(C)c1nc(/C=C/c2cnn(C(C)C)c2)ncc1C(=O)O. The second-order valence-electron chi connectivity index (χ2n) is 5.67. The Morgan fingerprint density at radius 2 is 1.95 bits per heavy atom. The third-order valence-corrected chi connectivity index (χ3v) is 3.19. The summed E-state index contributed by atoms with van der Waals surface area (Å²) in [7, 11) is 0. The van der Waals surface area contributed by atoms with E-state index in [2.05, 4.69) is 28.9 Å². The highest BCUT2D eigenvalue weighted by atomic mass is 16.4. The van der Waals surface area contributed by atoms with Gasteiger partial charge in [-0.1, -0.05) is 13.8 Å². The fourth-order valence-corrected chi connectivity index (χ4v) is 1.99. The highest BCUT2D eigenvalue weighted by Crippen LogP contribution is 2.17. The summed E-state index contributed by atoms with van der Waals surface area (Å²) >= 11 is 0. The molecule has 0 aliphatic heterocycles. The van der Waals surface area contributed by atoms with E-state index in [4.69, 9.17) is 5.11 Å². The summed E-state index contributed by atoms with van der Waals surface area (Å²) in [5, 5.41) is 13.4. The van der Waals surface area contributed by atoms with Gasteiger partial charge in [-0.05, 0) is 31.9 Å². The lowest BCUT2D eigenvalue weighted by atomic mass is 10.1. The molecule has 0 saturated heterocycles. The van der Waals surface area contributed by atoms with Gasteiger partial charge in [-0.15, -0.1) is 0 Å². The van der Waals surface area contributed by atoms with Crippen LogP contribution in [0.4, 0.5) is 0 Å². The largest absolute Gasteiger partial charge is 0.478 e. The molecule has 0 saturated carbocycles. The molecule has 6 heteroatoms. The zero-order chi connectivity index (χ0) is 16.3. The molecule has 6 nitrogen and oxygen atoms in total. The molecule has 2 rings (SSSR count). The highest BCUT2D eigenvalue weighted by Gasteiger charge is 2.15. The third kappa shape index (κ3) is 3.58. The Morgan fingerprint density at radius 3 is 2.50 bits per heavy atom. The molecule has 0 radical (unpaired) electrons. The van der Waals surface area contributed by atoms with Crippen molar-refractivity contribution >= 4 is 18.1 Å². The molecule has 0 fully saturated rings. The second-order valence-corrected chi connectivity index (χ2v) is 5.67. The fraction of sp³-hybridized carbons (Fsp3) is 0.375. The molecule has 2 aromatic heterocycles. The number of hydrogen-bond acceptors (Lipinski definition) is 4. The van der Waals surface area contributed by atoms with Gasteiger partial charge in [0.2, 0.25) is 0 Å². The monoisotopic (exact) mass is 300 g/mol. The topological polar surface area (TPSA) is 80.9 Å². The standard InChI is InChI=1S/C16H20N4O2/c1-10(2)15-13(16(21)22)8-17-14(19-15)6-5-12-7-18-20(9-12)11(3)4/h5-11H,1-4H3,(H,21,22)/b6-5+. The van der Waals surface area contributed by atoms with E-state index in [0.29, 0.717) is 17.6 Å². The summed E-state index contributed by atoms with van der Waals surface area (Å²) in [5.41, 5.74) is 1.64. The fourth-order valence-electron chi connectivity index (χ4n) is 1.99. The maximum Gasteiger partial charge on any atom is 0.339 e. The maximum atomic E-state index is 11.2. The molecule has 1 N–H and O–H groups in total. The summed E-state index contributed by atoms with van der Waals surface area (Å²) in [6.45, 7) is 7.94. The van der Waals surface area contributed by atoms with Gasteiger partial charge in [0.1, 0.15) is 0 Å². The van der Waals surface area contributed by atoms with Crippen molar-refractivity contribution in [2.75, 3.05) is 0 Å². The van der Waals surface area contributed by atoms with Crippen molar-refractivity contribution in [1.82, 2.24) is 19.7 Å². The number of carbonyl (C=O) groups is 1. The molecule has 2 aromatic rings. The van der Waals surface area contributed by atoms with Gasteiger partial charge in [0.05, 0.1) is 17.5 Å². The van der Waals surface area contributed by atoms with Gasteiger partial charge in [-0.3, -0.25) is 4.68 Å². The van der Waals surface area contributed by atoms with Crippen LogP contribution in [0.3, 0.4) is 0 Å². The first-order valence-corrected chi connectivity index (χ1v) is 7.21. The minimum absolute atomic E-state index is 0.0185. The van der Waals surface area contributed by atoms with Crippen LogP contribution >= 0.6 is 0 Å². The van der Waals surface area contributed by atoms with Gasteiger partial charge < -0.3 is 5.11 Å². The number of rotatable bonds is 5. The zero-order valence-corrected chi connectivity index (χ0v) is 13.2. The lowest BCUT2D eigenvalue weighted by Gasteiger charge is -2.08. The van der Waals surface area contributed by atoms with Crippen molar-refractivity contribution < 1.29 is 9.90 Å². The lowest BCUT2D eigenvalue weighted by molar-refractivity contribution is 0.0694. The van der Waals surface area contributed by atoms with Crippen LogP contribution in [-0.4, -0.2) is 30.8 Å². The summed E-state index contributed by atoms with van der Waals surface area (Å²) < 4.78 is 1.87. The first-order chi connectivity index (χ1) is 10.4.